The van der Waals surface area contributed by atoms with Gasteiger partial charge in [0.15, 0.2) is 0 Å². The van der Waals surface area contributed by atoms with Crippen molar-refractivity contribution in [3.05, 3.63) is 28.8 Å². The Hall–Kier alpha value is -1.44. The predicted octanol–water partition coefficient (Wildman–Crippen LogP) is 1.41. The van der Waals surface area contributed by atoms with Crippen LogP contribution in [0.1, 0.15) is 47.7 Å². The molecule has 0 radical (unpaired) electrons. The fourth-order valence-electron chi connectivity index (χ4n) is 3.54. The number of β-amino-alcohol motifs (C(OH)–C–C–N with tert-alkyl or cyclic N) is 1. The summed E-state index contributed by atoms with van der Waals surface area (Å²) in [6.07, 6.45) is 2.70. The highest BCUT2D eigenvalue weighted by Gasteiger charge is 2.37. The number of sulfonamides is 1. The third kappa shape index (κ3) is 2.88. The van der Waals surface area contributed by atoms with E-state index in [1.807, 2.05) is 6.92 Å². The van der Waals surface area contributed by atoms with Crippen molar-refractivity contribution in [1.29, 1.82) is 0 Å². The lowest BCUT2D eigenvalue weighted by Gasteiger charge is -2.35. The summed E-state index contributed by atoms with van der Waals surface area (Å²) in [5.41, 5.74) is 1.56. The number of carboxylic acids is 1. The molecule has 0 aromatic heterocycles. The summed E-state index contributed by atoms with van der Waals surface area (Å²) in [4.78, 5) is 11.4. The van der Waals surface area contributed by atoms with E-state index in [9.17, 15) is 23.4 Å². The van der Waals surface area contributed by atoms with Gasteiger partial charge in [-0.15, -0.1) is 0 Å². The van der Waals surface area contributed by atoms with Crippen LogP contribution in [0.25, 0.3) is 0 Å². The highest BCUT2D eigenvalue weighted by molar-refractivity contribution is 7.89. The molecule has 2 aliphatic rings. The summed E-state index contributed by atoms with van der Waals surface area (Å²) >= 11 is 0. The van der Waals surface area contributed by atoms with E-state index in [1.54, 1.807) is 6.07 Å². The number of benzene rings is 1. The SMILES string of the molecule is C[C@@H]1CC[C@@H](O)CN1S(=O)(=O)c1cc(C(=O)O)cc2c1CCC2. The number of aryl methyl sites for hydroxylation is 1. The van der Waals surface area contributed by atoms with E-state index in [2.05, 4.69) is 0 Å². The number of aliphatic hydroxyl groups excluding tert-OH is 1. The Morgan fingerprint density at radius 2 is 2.00 bits per heavy atom. The maximum Gasteiger partial charge on any atom is 0.335 e. The molecular weight excluding hydrogens is 318 g/mol. The predicted molar refractivity (Wildman–Crippen MR) is 84.0 cm³/mol. The molecule has 0 spiro atoms. The molecule has 2 N–H and O–H groups in total. The fourth-order valence-corrected chi connectivity index (χ4v) is 5.56. The lowest BCUT2D eigenvalue weighted by Crippen LogP contribution is -2.47. The summed E-state index contributed by atoms with van der Waals surface area (Å²) < 4.78 is 27.5. The zero-order valence-corrected chi connectivity index (χ0v) is 13.8. The number of carbonyl (C=O) groups is 1. The van der Waals surface area contributed by atoms with E-state index in [0.29, 0.717) is 25.7 Å². The molecule has 0 unspecified atom stereocenters. The molecule has 23 heavy (non-hydrogen) atoms. The van der Waals surface area contributed by atoms with E-state index in [4.69, 9.17) is 0 Å². The minimum absolute atomic E-state index is 0.00874. The first-order valence-corrected chi connectivity index (χ1v) is 9.33. The lowest BCUT2D eigenvalue weighted by molar-refractivity contribution is 0.0696. The number of rotatable bonds is 3. The monoisotopic (exact) mass is 339 g/mol. The molecule has 0 bridgehead atoms. The molecular formula is C16H21NO5S. The Morgan fingerprint density at radius 3 is 2.70 bits per heavy atom. The molecule has 0 saturated carbocycles. The first-order chi connectivity index (χ1) is 10.8. The van der Waals surface area contributed by atoms with Crippen LogP contribution in [0.2, 0.25) is 0 Å². The van der Waals surface area contributed by atoms with Gasteiger partial charge in [0.25, 0.3) is 0 Å². The first-order valence-electron chi connectivity index (χ1n) is 7.89. The lowest BCUT2D eigenvalue weighted by atomic mass is 10.0. The number of hydrogen-bond donors (Lipinski definition) is 2. The Labute approximate surface area is 135 Å². The minimum atomic E-state index is -3.82. The zero-order chi connectivity index (χ0) is 16.8. The van der Waals surface area contributed by atoms with E-state index in [0.717, 1.165) is 17.5 Å². The van der Waals surface area contributed by atoms with Crippen molar-refractivity contribution in [1.82, 2.24) is 4.31 Å². The van der Waals surface area contributed by atoms with Crippen LogP contribution in [0.5, 0.6) is 0 Å². The maximum atomic E-state index is 13.1. The van der Waals surface area contributed by atoms with Gasteiger partial charge >= 0.3 is 5.97 Å². The topological polar surface area (TPSA) is 94.9 Å². The Balaban J connectivity index is 2.11. The van der Waals surface area contributed by atoms with E-state index >= 15 is 0 Å². The molecule has 1 aromatic rings. The van der Waals surface area contributed by atoms with Crippen molar-refractivity contribution >= 4 is 16.0 Å². The summed E-state index contributed by atoms with van der Waals surface area (Å²) in [6, 6.07) is 2.65. The fraction of sp³-hybridized carbons (Fsp3) is 0.562. The van der Waals surface area contributed by atoms with Crippen molar-refractivity contribution < 1.29 is 23.4 Å². The normalized spacial score (nSPS) is 25.3. The van der Waals surface area contributed by atoms with Gasteiger partial charge in [-0.1, -0.05) is 0 Å². The Kier molecular flexibility index (Phi) is 4.20. The van der Waals surface area contributed by atoms with Crippen LogP contribution in [0.4, 0.5) is 0 Å². The Morgan fingerprint density at radius 1 is 1.26 bits per heavy atom. The van der Waals surface area contributed by atoms with Crippen molar-refractivity contribution in [2.75, 3.05) is 6.54 Å². The summed E-state index contributed by atoms with van der Waals surface area (Å²) in [6.45, 7) is 1.89. The second-order valence-corrected chi connectivity index (χ2v) is 8.28. The minimum Gasteiger partial charge on any atom is -0.478 e. The van der Waals surface area contributed by atoms with Crippen LogP contribution in [-0.2, 0) is 22.9 Å². The van der Waals surface area contributed by atoms with Gasteiger partial charge in [-0.3, -0.25) is 0 Å². The van der Waals surface area contributed by atoms with E-state index < -0.39 is 22.1 Å². The smallest absolute Gasteiger partial charge is 0.335 e. The summed E-state index contributed by atoms with van der Waals surface area (Å²) in [5.74, 6) is -1.12. The highest BCUT2D eigenvalue weighted by atomic mass is 32.2. The zero-order valence-electron chi connectivity index (χ0n) is 13.0. The average Bonchev–Trinajstić information content (AvgIpc) is 2.96. The van der Waals surface area contributed by atoms with Gasteiger partial charge in [-0.05, 0) is 62.3 Å². The van der Waals surface area contributed by atoms with Gasteiger partial charge in [0.1, 0.15) is 0 Å². The molecule has 1 aliphatic heterocycles. The molecule has 1 aliphatic carbocycles. The molecule has 6 nitrogen and oxygen atoms in total. The number of fused-ring (bicyclic) bond motifs is 1. The maximum absolute atomic E-state index is 13.1. The van der Waals surface area contributed by atoms with Gasteiger partial charge < -0.3 is 10.2 Å². The standard InChI is InChI=1S/C16H21NO5S/c1-10-5-6-13(18)9-17(10)23(21,22)15-8-12(16(19)20)7-11-3-2-4-14(11)15/h7-8,10,13,18H,2-6,9H2,1H3,(H,19,20)/t10-,13-/m1/s1. The highest BCUT2D eigenvalue weighted by Crippen LogP contribution is 2.34. The van der Waals surface area contributed by atoms with Gasteiger partial charge in [0.2, 0.25) is 10.0 Å². The molecule has 3 rings (SSSR count). The van der Waals surface area contributed by atoms with Crippen LogP contribution in [0, 0.1) is 0 Å². The van der Waals surface area contributed by atoms with E-state index in [1.165, 1.54) is 10.4 Å². The number of hydrogen-bond acceptors (Lipinski definition) is 4. The molecule has 126 valence electrons. The van der Waals surface area contributed by atoms with Crippen LogP contribution < -0.4 is 0 Å². The molecule has 1 fully saturated rings. The van der Waals surface area contributed by atoms with Crippen molar-refractivity contribution in [2.45, 2.75) is 56.1 Å². The molecule has 7 heteroatoms. The van der Waals surface area contributed by atoms with Gasteiger partial charge in [-0.25, -0.2) is 13.2 Å². The molecule has 1 saturated heterocycles. The summed E-state index contributed by atoms with van der Waals surface area (Å²) in [7, 11) is -3.82. The number of piperidine rings is 1. The van der Waals surface area contributed by atoms with Crippen LogP contribution in [0.15, 0.2) is 17.0 Å². The number of aliphatic hydroxyl groups is 1. The molecule has 1 heterocycles. The van der Waals surface area contributed by atoms with Crippen LogP contribution in [0.3, 0.4) is 0 Å². The van der Waals surface area contributed by atoms with Crippen LogP contribution in [-0.4, -0.2) is 47.6 Å². The van der Waals surface area contributed by atoms with Crippen molar-refractivity contribution in [2.24, 2.45) is 0 Å². The molecule has 0 amide bonds. The number of nitrogens with zero attached hydrogens (tertiary/aromatic N) is 1. The molecule has 1 aromatic carbocycles. The third-order valence-electron chi connectivity index (χ3n) is 4.81. The average molecular weight is 339 g/mol. The van der Waals surface area contributed by atoms with Gasteiger partial charge in [0.05, 0.1) is 16.6 Å². The largest absolute Gasteiger partial charge is 0.478 e. The quantitative estimate of drug-likeness (QED) is 0.868. The van der Waals surface area contributed by atoms with Crippen LogP contribution >= 0.6 is 0 Å². The van der Waals surface area contributed by atoms with Gasteiger partial charge in [-0.2, -0.15) is 4.31 Å². The number of aromatic carboxylic acids is 1. The number of carboxylic acid groups (broad SMARTS) is 1. The summed E-state index contributed by atoms with van der Waals surface area (Å²) in [5, 5.41) is 19.1. The second-order valence-electron chi connectivity index (χ2n) is 6.43. The van der Waals surface area contributed by atoms with Crippen molar-refractivity contribution in [3.8, 4) is 0 Å². The van der Waals surface area contributed by atoms with E-state index in [-0.39, 0.29) is 23.0 Å². The second kappa shape index (κ2) is 5.89. The van der Waals surface area contributed by atoms with Crippen molar-refractivity contribution in [3.63, 3.8) is 0 Å². The first kappa shape index (κ1) is 16.4. The third-order valence-corrected chi connectivity index (χ3v) is 6.85. The van der Waals surface area contributed by atoms with Gasteiger partial charge in [0, 0.05) is 12.6 Å². The Bertz CT molecular complexity index is 743. The molecule has 2 atom stereocenters.